The standard InChI is InChI=1S/C19H26N2O6S/c1-28(24,25)21-12-4-5-16-14(6-12)15-7-13(26-17(10-22)19(15)27-16)8-18(23)20-9-11-2-3-11/h4-6,11,13,15,17,19,21-22H,2-3,7-10H2,1H3,(H,20,23)/t13-,15+,17+,19-/m0/s1. The first-order chi connectivity index (χ1) is 13.3. The van der Waals surface area contributed by atoms with Gasteiger partial charge in [0.1, 0.15) is 18.0 Å². The maximum Gasteiger partial charge on any atom is 0.229 e. The third-order valence-electron chi connectivity index (χ3n) is 5.50. The molecule has 1 saturated carbocycles. The Balaban J connectivity index is 1.48. The second-order valence-corrected chi connectivity index (χ2v) is 9.73. The van der Waals surface area contributed by atoms with E-state index in [1.54, 1.807) is 18.2 Å². The van der Waals surface area contributed by atoms with Crippen LogP contribution in [-0.4, -0.2) is 57.2 Å². The van der Waals surface area contributed by atoms with Crippen LogP contribution in [-0.2, 0) is 19.6 Å². The van der Waals surface area contributed by atoms with Crippen molar-refractivity contribution in [2.75, 3.05) is 24.1 Å². The van der Waals surface area contributed by atoms with Crippen molar-refractivity contribution in [1.29, 1.82) is 0 Å². The Morgan fingerprint density at radius 1 is 1.32 bits per heavy atom. The highest BCUT2D eigenvalue weighted by Gasteiger charge is 2.46. The summed E-state index contributed by atoms with van der Waals surface area (Å²) in [6.45, 7) is 0.511. The lowest BCUT2D eigenvalue weighted by Crippen LogP contribution is -2.47. The van der Waals surface area contributed by atoms with Crippen LogP contribution in [0, 0.1) is 5.92 Å². The van der Waals surface area contributed by atoms with Crippen molar-refractivity contribution in [1.82, 2.24) is 5.32 Å². The molecule has 8 nitrogen and oxygen atoms in total. The number of aliphatic hydroxyl groups is 1. The van der Waals surface area contributed by atoms with Crippen molar-refractivity contribution in [3.63, 3.8) is 0 Å². The molecule has 2 fully saturated rings. The minimum atomic E-state index is -3.38. The van der Waals surface area contributed by atoms with Crippen molar-refractivity contribution in [2.24, 2.45) is 5.92 Å². The number of rotatable bonds is 7. The molecule has 3 N–H and O–H groups in total. The first kappa shape index (κ1) is 19.5. The van der Waals surface area contributed by atoms with Crippen molar-refractivity contribution in [3.8, 4) is 5.75 Å². The molecule has 9 heteroatoms. The highest BCUT2D eigenvalue weighted by atomic mass is 32.2. The SMILES string of the molecule is CS(=O)(=O)Nc1ccc2c(c1)[C@H]1C[C@@H](CC(=O)NCC3CC3)O[C@H](CO)[C@H]1O2. The molecule has 4 rings (SSSR count). The van der Waals surface area contributed by atoms with E-state index in [0.29, 0.717) is 30.3 Å². The number of amides is 1. The van der Waals surface area contributed by atoms with Gasteiger partial charge in [-0.15, -0.1) is 0 Å². The number of hydrogen-bond donors (Lipinski definition) is 3. The molecule has 0 radical (unpaired) electrons. The summed E-state index contributed by atoms with van der Waals surface area (Å²) in [5, 5.41) is 12.7. The van der Waals surface area contributed by atoms with Gasteiger partial charge in [-0.2, -0.15) is 0 Å². The van der Waals surface area contributed by atoms with Crippen LogP contribution in [0.4, 0.5) is 5.69 Å². The van der Waals surface area contributed by atoms with Gasteiger partial charge in [-0.1, -0.05) is 0 Å². The van der Waals surface area contributed by atoms with Gasteiger partial charge in [0.05, 0.1) is 25.4 Å². The van der Waals surface area contributed by atoms with Crippen LogP contribution < -0.4 is 14.8 Å². The molecular weight excluding hydrogens is 384 g/mol. The van der Waals surface area contributed by atoms with Gasteiger partial charge in [-0.05, 0) is 43.4 Å². The smallest absolute Gasteiger partial charge is 0.229 e. The Hall–Kier alpha value is -1.84. The maximum absolute atomic E-state index is 12.2. The second kappa shape index (κ2) is 7.53. The summed E-state index contributed by atoms with van der Waals surface area (Å²) in [4.78, 5) is 12.2. The highest BCUT2D eigenvalue weighted by molar-refractivity contribution is 7.92. The van der Waals surface area contributed by atoms with E-state index in [4.69, 9.17) is 9.47 Å². The predicted octanol–water partition coefficient (Wildman–Crippen LogP) is 0.969. The van der Waals surface area contributed by atoms with Gasteiger partial charge in [0.25, 0.3) is 0 Å². The fourth-order valence-electron chi connectivity index (χ4n) is 4.03. The summed E-state index contributed by atoms with van der Waals surface area (Å²) in [6.07, 6.45) is 3.07. The van der Waals surface area contributed by atoms with Gasteiger partial charge in [0.15, 0.2) is 0 Å². The zero-order valence-electron chi connectivity index (χ0n) is 15.8. The Labute approximate surface area is 164 Å². The van der Waals surface area contributed by atoms with Crippen molar-refractivity contribution >= 4 is 21.6 Å². The Morgan fingerprint density at radius 3 is 2.79 bits per heavy atom. The number of nitrogens with one attached hydrogen (secondary N) is 2. The van der Waals surface area contributed by atoms with Gasteiger partial charge in [-0.25, -0.2) is 8.42 Å². The number of fused-ring (bicyclic) bond motifs is 3. The van der Waals surface area contributed by atoms with E-state index in [0.717, 1.165) is 11.8 Å². The zero-order chi connectivity index (χ0) is 19.9. The molecule has 0 spiro atoms. The molecule has 1 aliphatic carbocycles. The summed E-state index contributed by atoms with van der Waals surface area (Å²) in [5.41, 5.74) is 1.35. The lowest BCUT2D eigenvalue weighted by atomic mass is 9.84. The number of benzene rings is 1. The van der Waals surface area contributed by atoms with Crippen LogP contribution in [0.2, 0.25) is 0 Å². The molecule has 0 aromatic heterocycles. The largest absolute Gasteiger partial charge is 0.487 e. The number of sulfonamides is 1. The molecule has 0 bridgehead atoms. The van der Waals surface area contributed by atoms with Gasteiger partial charge in [0.2, 0.25) is 15.9 Å². The minimum absolute atomic E-state index is 0.0429. The molecule has 1 amide bonds. The summed E-state index contributed by atoms with van der Waals surface area (Å²) in [6, 6.07) is 5.15. The predicted molar refractivity (Wildman–Crippen MR) is 103 cm³/mol. The Kier molecular flexibility index (Phi) is 5.24. The molecule has 1 saturated heterocycles. The van der Waals surface area contributed by atoms with E-state index in [1.807, 2.05) is 0 Å². The first-order valence-electron chi connectivity index (χ1n) is 9.64. The van der Waals surface area contributed by atoms with E-state index in [2.05, 4.69) is 10.0 Å². The Morgan fingerprint density at radius 2 is 2.11 bits per heavy atom. The lowest BCUT2D eigenvalue weighted by Gasteiger charge is -2.37. The van der Waals surface area contributed by atoms with Crippen LogP contribution in [0.15, 0.2) is 18.2 Å². The molecule has 154 valence electrons. The number of anilines is 1. The second-order valence-electron chi connectivity index (χ2n) is 7.98. The van der Waals surface area contributed by atoms with Crippen molar-refractivity contribution < 1.29 is 27.8 Å². The third-order valence-corrected chi connectivity index (χ3v) is 6.11. The molecule has 2 aliphatic heterocycles. The molecule has 1 aromatic carbocycles. The number of ether oxygens (including phenoxy) is 2. The molecular formula is C19H26N2O6S. The normalized spacial score (nSPS) is 28.8. The van der Waals surface area contributed by atoms with Gasteiger partial charge in [0, 0.05) is 23.7 Å². The molecule has 28 heavy (non-hydrogen) atoms. The van der Waals surface area contributed by atoms with Crippen LogP contribution in [0.25, 0.3) is 0 Å². The van der Waals surface area contributed by atoms with Crippen LogP contribution in [0.1, 0.15) is 37.2 Å². The summed E-state index contributed by atoms with van der Waals surface area (Å²) < 4.78 is 37.5. The van der Waals surface area contributed by atoms with Crippen LogP contribution in [0.5, 0.6) is 5.75 Å². The molecule has 3 aliphatic rings. The molecule has 4 atom stereocenters. The van der Waals surface area contributed by atoms with Gasteiger partial charge >= 0.3 is 0 Å². The summed E-state index contributed by atoms with van der Waals surface area (Å²) >= 11 is 0. The van der Waals surface area contributed by atoms with E-state index < -0.39 is 16.1 Å². The average molecular weight is 410 g/mol. The van der Waals surface area contributed by atoms with Crippen molar-refractivity contribution in [2.45, 2.75) is 49.9 Å². The zero-order valence-corrected chi connectivity index (χ0v) is 16.6. The molecule has 0 unspecified atom stereocenters. The van der Waals surface area contributed by atoms with Gasteiger partial charge < -0.3 is 19.9 Å². The number of carbonyl (C=O) groups is 1. The average Bonchev–Trinajstić information content (AvgIpc) is 3.39. The van der Waals surface area contributed by atoms with E-state index in [-0.39, 0.29) is 37.1 Å². The fourth-order valence-corrected chi connectivity index (χ4v) is 4.58. The van der Waals surface area contributed by atoms with Crippen LogP contribution in [0.3, 0.4) is 0 Å². The minimum Gasteiger partial charge on any atom is -0.487 e. The van der Waals surface area contributed by atoms with Crippen LogP contribution >= 0.6 is 0 Å². The maximum atomic E-state index is 12.2. The third kappa shape index (κ3) is 4.42. The van der Waals surface area contributed by atoms with Crippen molar-refractivity contribution in [3.05, 3.63) is 23.8 Å². The lowest BCUT2D eigenvalue weighted by molar-refractivity contribution is -0.142. The van der Waals surface area contributed by atoms with E-state index in [1.165, 1.54) is 12.8 Å². The summed E-state index contributed by atoms with van der Waals surface area (Å²) in [5.74, 6) is 1.17. The van der Waals surface area contributed by atoms with E-state index >= 15 is 0 Å². The quantitative estimate of drug-likeness (QED) is 0.617. The topological polar surface area (TPSA) is 114 Å². The fraction of sp³-hybridized carbons (Fsp3) is 0.632. The number of hydrogen-bond acceptors (Lipinski definition) is 6. The number of carbonyl (C=O) groups excluding carboxylic acids is 1. The first-order valence-corrected chi connectivity index (χ1v) is 11.5. The summed E-state index contributed by atoms with van der Waals surface area (Å²) in [7, 11) is -3.38. The Bertz CT molecular complexity index is 854. The monoisotopic (exact) mass is 410 g/mol. The van der Waals surface area contributed by atoms with E-state index in [9.17, 15) is 18.3 Å². The van der Waals surface area contributed by atoms with Gasteiger partial charge in [-0.3, -0.25) is 9.52 Å². The molecule has 2 heterocycles. The highest BCUT2D eigenvalue weighted by Crippen LogP contribution is 2.47. The number of aliphatic hydroxyl groups excluding tert-OH is 1. The molecule has 1 aromatic rings.